The molecule has 0 saturated carbocycles. The van der Waals surface area contributed by atoms with Crippen molar-refractivity contribution in [2.75, 3.05) is 12.4 Å². The van der Waals surface area contributed by atoms with Crippen LogP contribution in [0.15, 0.2) is 24.3 Å². The molecule has 1 amide bonds. The van der Waals surface area contributed by atoms with E-state index in [0.29, 0.717) is 12.3 Å². The summed E-state index contributed by atoms with van der Waals surface area (Å²) in [5, 5.41) is 2.90. The number of halogens is 1. The average molecular weight is 254 g/mol. The Kier molecular flexibility index (Phi) is 6.71. The molecule has 3 heteroatoms. The van der Waals surface area contributed by atoms with E-state index in [0.717, 1.165) is 25.8 Å². The highest BCUT2D eigenvalue weighted by Gasteiger charge is 2.01. The molecule has 1 aromatic carbocycles. The Bertz CT molecular complexity index is 335. The summed E-state index contributed by atoms with van der Waals surface area (Å²) in [6.07, 6.45) is 3.28. The first-order chi connectivity index (χ1) is 8.22. The van der Waals surface area contributed by atoms with E-state index in [4.69, 9.17) is 11.6 Å². The van der Waals surface area contributed by atoms with E-state index in [1.54, 1.807) is 0 Å². The summed E-state index contributed by atoms with van der Waals surface area (Å²) in [5.74, 6) is 0.791. The first-order valence-electron chi connectivity index (χ1n) is 6.10. The van der Waals surface area contributed by atoms with E-state index in [-0.39, 0.29) is 5.91 Å². The molecular formula is C14H20ClNO. The Balaban J connectivity index is 2.17. The second-order valence-electron chi connectivity index (χ2n) is 4.23. The summed E-state index contributed by atoms with van der Waals surface area (Å²) in [7, 11) is 0. The summed E-state index contributed by atoms with van der Waals surface area (Å²) in [6.45, 7) is 2.80. The van der Waals surface area contributed by atoms with E-state index in [1.165, 1.54) is 11.1 Å². The number of amides is 1. The molecule has 0 heterocycles. The molecule has 0 atom stereocenters. The van der Waals surface area contributed by atoms with Gasteiger partial charge in [-0.25, -0.2) is 0 Å². The molecule has 0 unspecified atom stereocenters. The molecule has 17 heavy (non-hydrogen) atoms. The van der Waals surface area contributed by atoms with Crippen LogP contribution >= 0.6 is 11.6 Å². The van der Waals surface area contributed by atoms with Crippen molar-refractivity contribution in [2.24, 2.45) is 0 Å². The summed E-state index contributed by atoms with van der Waals surface area (Å²) < 4.78 is 0. The van der Waals surface area contributed by atoms with Crippen molar-refractivity contribution in [1.29, 1.82) is 0 Å². The van der Waals surface area contributed by atoms with Crippen molar-refractivity contribution in [1.82, 2.24) is 5.32 Å². The molecule has 0 aromatic heterocycles. The van der Waals surface area contributed by atoms with E-state index in [2.05, 4.69) is 36.5 Å². The molecule has 0 radical (unpaired) electrons. The highest BCUT2D eigenvalue weighted by Crippen LogP contribution is 2.05. The Hall–Kier alpha value is -1.02. The van der Waals surface area contributed by atoms with Crippen molar-refractivity contribution >= 4 is 17.5 Å². The maximum Gasteiger partial charge on any atom is 0.220 e. The molecule has 94 valence electrons. The maximum atomic E-state index is 11.5. The van der Waals surface area contributed by atoms with Gasteiger partial charge < -0.3 is 5.32 Å². The lowest BCUT2D eigenvalue weighted by atomic mass is 10.1. The van der Waals surface area contributed by atoms with Crippen LogP contribution in [0.3, 0.4) is 0 Å². The van der Waals surface area contributed by atoms with Crippen molar-refractivity contribution in [3.05, 3.63) is 35.4 Å². The largest absolute Gasteiger partial charge is 0.356 e. The van der Waals surface area contributed by atoms with Gasteiger partial charge in [0.1, 0.15) is 0 Å². The topological polar surface area (TPSA) is 29.1 Å². The quantitative estimate of drug-likeness (QED) is 0.587. The Labute approximate surface area is 108 Å². The highest BCUT2D eigenvalue weighted by atomic mass is 35.5. The molecule has 0 aliphatic rings. The van der Waals surface area contributed by atoms with Gasteiger partial charge in [-0.15, -0.1) is 11.6 Å². The van der Waals surface area contributed by atoms with Crippen LogP contribution in [0.2, 0.25) is 0 Å². The Morgan fingerprint density at radius 1 is 1.24 bits per heavy atom. The number of nitrogens with one attached hydrogen (secondary N) is 1. The fourth-order valence-electron chi connectivity index (χ4n) is 1.55. The summed E-state index contributed by atoms with van der Waals surface area (Å²) >= 11 is 5.56. The number of aryl methyl sites for hydroxylation is 2. The molecule has 1 rings (SSSR count). The number of hydrogen-bond donors (Lipinski definition) is 1. The third-order valence-corrected chi connectivity index (χ3v) is 2.91. The average Bonchev–Trinajstić information content (AvgIpc) is 2.34. The first kappa shape index (κ1) is 14.0. The van der Waals surface area contributed by atoms with Crippen LogP contribution in [-0.2, 0) is 11.2 Å². The second kappa shape index (κ2) is 8.13. The van der Waals surface area contributed by atoms with Crippen molar-refractivity contribution < 1.29 is 4.79 Å². The normalized spacial score (nSPS) is 10.2. The van der Waals surface area contributed by atoms with Crippen LogP contribution in [0.1, 0.15) is 30.4 Å². The number of rotatable bonds is 7. The van der Waals surface area contributed by atoms with Crippen molar-refractivity contribution in [2.45, 2.75) is 32.6 Å². The lowest BCUT2D eigenvalue weighted by Crippen LogP contribution is -2.24. The summed E-state index contributed by atoms with van der Waals surface area (Å²) in [5.41, 5.74) is 2.46. The SMILES string of the molecule is Cc1ccc(CCC(=O)NCCCCCl)cc1. The van der Waals surface area contributed by atoms with Crippen molar-refractivity contribution in [3.8, 4) is 0 Å². The van der Waals surface area contributed by atoms with Gasteiger partial charge in [0.15, 0.2) is 0 Å². The summed E-state index contributed by atoms with van der Waals surface area (Å²) in [6, 6.07) is 8.31. The molecule has 0 spiro atoms. The first-order valence-corrected chi connectivity index (χ1v) is 6.64. The van der Waals surface area contributed by atoms with Gasteiger partial charge in [0, 0.05) is 18.8 Å². The molecule has 0 fully saturated rings. The predicted molar refractivity (Wildman–Crippen MR) is 72.5 cm³/mol. The Morgan fingerprint density at radius 3 is 2.59 bits per heavy atom. The van der Waals surface area contributed by atoms with E-state index in [1.807, 2.05) is 0 Å². The minimum atomic E-state index is 0.125. The third kappa shape index (κ3) is 6.32. The zero-order chi connectivity index (χ0) is 12.5. The van der Waals surface area contributed by atoms with Crippen LogP contribution in [0.25, 0.3) is 0 Å². The number of hydrogen-bond acceptors (Lipinski definition) is 1. The molecular weight excluding hydrogens is 234 g/mol. The van der Waals surface area contributed by atoms with E-state index < -0.39 is 0 Å². The van der Waals surface area contributed by atoms with Gasteiger partial charge in [0.2, 0.25) is 5.91 Å². The standard InChI is InChI=1S/C14H20ClNO/c1-12-4-6-13(7-5-12)8-9-14(17)16-11-3-2-10-15/h4-7H,2-3,8-11H2,1H3,(H,16,17). The molecule has 1 N–H and O–H groups in total. The molecule has 0 bridgehead atoms. The van der Waals surface area contributed by atoms with Gasteiger partial charge in [-0.2, -0.15) is 0 Å². The number of carbonyl (C=O) groups excluding carboxylic acids is 1. The second-order valence-corrected chi connectivity index (χ2v) is 4.61. The zero-order valence-corrected chi connectivity index (χ0v) is 11.1. The van der Waals surface area contributed by atoms with Crippen molar-refractivity contribution in [3.63, 3.8) is 0 Å². The van der Waals surface area contributed by atoms with Gasteiger partial charge in [-0.05, 0) is 31.7 Å². The minimum absolute atomic E-state index is 0.125. The fourth-order valence-corrected chi connectivity index (χ4v) is 1.74. The van der Waals surface area contributed by atoms with Crippen LogP contribution in [-0.4, -0.2) is 18.3 Å². The predicted octanol–water partition coefficient (Wildman–Crippen LogP) is 3.06. The van der Waals surface area contributed by atoms with Gasteiger partial charge >= 0.3 is 0 Å². The fraction of sp³-hybridized carbons (Fsp3) is 0.500. The smallest absolute Gasteiger partial charge is 0.220 e. The molecule has 1 aromatic rings. The number of unbranched alkanes of at least 4 members (excludes halogenated alkanes) is 1. The molecule has 0 aliphatic carbocycles. The van der Waals surface area contributed by atoms with E-state index in [9.17, 15) is 4.79 Å². The van der Waals surface area contributed by atoms with Crippen LogP contribution < -0.4 is 5.32 Å². The van der Waals surface area contributed by atoms with Crippen LogP contribution in [0.5, 0.6) is 0 Å². The minimum Gasteiger partial charge on any atom is -0.356 e. The number of carbonyl (C=O) groups is 1. The number of alkyl halides is 1. The van der Waals surface area contributed by atoms with E-state index >= 15 is 0 Å². The lowest BCUT2D eigenvalue weighted by molar-refractivity contribution is -0.121. The van der Waals surface area contributed by atoms with Crippen LogP contribution in [0.4, 0.5) is 0 Å². The zero-order valence-electron chi connectivity index (χ0n) is 10.3. The van der Waals surface area contributed by atoms with Gasteiger partial charge in [-0.3, -0.25) is 4.79 Å². The molecule has 0 aliphatic heterocycles. The summed E-state index contributed by atoms with van der Waals surface area (Å²) in [4.78, 5) is 11.5. The van der Waals surface area contributed by atoms with Gasteiger partial charge in [-0.1, -0.05) is 29.8 Å². The van der Waals surface area contributed by atoms with Gasteiger partial charge in [0.05, 0.1) is 0 Å². The van der Waals surface area contributed by atoms with Crippen LogP contribution in [0, 0.1) is 6.92 Å². The Morgan fingerprint density at radius 2 is 1.94 bits per heavy atom. The molecule has 0 saturated heterocycles. The third-order valence-electron chi connectivity index (χ3n) is 2.64. The maximum absolute atomic E-state index is 11.5. The highest BCUT2D eigenvalue weighted by molar-refractivity contribution is 6.17. The monoisotopic (exact) mass is 253 g/mol. The lowest BCUT2D eigenvalue weighted by Gasteiger charge is -2.05. The number of benzene rings is 1. The van der Waals surface area contributed by atoms with Gasteiger partial charge in [0.25, 0.3) is 0 Å². The molecule has 2 nitrogen and oxygen atoms in total.